The predicted octanol–water partition coefficient (Wildman–Crippen LogP) is 2.44. The average molecular weight is 283 g/mol. The second-order valence-corrected chi connectivity index (χ2v) is 5.18. The molecule has 1 aromatic heterocycles. The Balaban J connectivity index is 2.72. The van der Waals surface area contributed by atoms with Crippen molar-refractivity contribution in [1.29, 1.82) is 0 Å². The van der Waals surface area contributed by atoms with E-state index in [0.717, 1.165) is 5.69 Å². The molecule has 0 aromatic carbocycles. The smallest absolute Gasteiger partial charge is 0.338 e. The molecule has 1 heterocycles. The Morgan fingerprint density at radius 1 is 1.42 bits per heavy atom. The predicted molar refractivity (Wildman–Crippen MR) is 72.6 cm³/mol. The highest BCUT2D eigenvalue weighted by molar-refractivity contribution is 7.99. The van der Waals surface area contributed by atoms with Gasteiger partial charge in [0.15, 0.2) is 0 Å². The van der Waals surface area contributed by atoms with E-state index in [1.54, 1.807) is 13.0 Å². The lowest BCUT2D eigenvalue weighted by Gasteiger charge is -2.09. The number of methoxy groups -OCH3 is 1. The van der Waals surface area contributed by atoms with E-state index in [1.165, 1.54) is 18.9 Å². The number of thioether (sulfide) groups is 1. The van der Waals surface area contributed by atoms with Gasteiger partial charge in [-0.25, -0.2) is 9.78 Å². The third-order valence-corrected chi connectivity index (χ3v) is 3.58. The van der Waals surface area contributed by atoms with Gasteiger partial charge >= 0.3 is 11.9 Å². The van der Waals surface area contributed by atoms with Gasteiger partial charge < -0.3 is 9.84 Å². The summed E-state index contributed by atoms with van der Waals surface area (Å²) in [5.74, 6) is -0.599. The van der Waals surface area contributed by atoms with Crippen molar-refractivity contribution in [1.82, 2.24) is 4.98 Å². The van der Waals surface area contributed by atoms with E-state index in [9.17, 15) is 14.7 Å². The molecule has 0 unspecified atom stereocenters. The zero-order valence-electron chi connectivity index (χ0n) is 11.2. The van der Waals surface area contributed by atoms with Crippen LogP contribution in [-0.2, 0) is 9.53 Å². The number of pyridine rings is 1. The number of carbonyl (C=O) groups excluding carboxylic acids is 1. The number of hydrogen-bond donors (Lipinski definition) is 1. The summed E-state index contributed by atoms with van der Waals surface area (Å²) in [6.07, 6.45) is 0.960. The summed E-state index contributed by atoms with van der Waals surface area (Å²) < 4.78 is 4.54. The first kappa shape index (κ1) is 15.5. The number of rotatable bonds is 6. The standard InChI is InChI=1S/C13H17NO4S/c1-8-7-9(2)14-12(11(8)13(16)17)19-6-4-5-10(15)18-3/h7H,4-6H2,1-3H3,(H,16,17). The van der Waals surface area contributed by atoms with Gasteiger partial charge in [0.25, 0.3) is 0 Å². The number of carboxylic acids is 1. The quantitative estimate of drug-likeness (QED) is 0.491. The largest absolute Gasteiger partial charge is 0.478 e. The summed E-state index contributed by atoms with van der Waals surface area (Å²) in [5, 5.41) is 9.70. The van der Waals surface area contributed by atoms with Gasteiger partial charge in [-0.2, -0.15) is 0 Å². The van der Waals surface area contributed by atoms with Crippen molar-refractivity contribution in [2.75, 3.05) is 12.9 Å². The second-order valence-electron chi connectivity index (χ2n) is 4.09. The van der Waals surface area contributed by atoms with Crippen LogP contribution in [0, 0.1) is 13.8 Å². The van der Waals surface area contributed by atoms with Crippen LogP contribution in [0.3, 0.4) is 0 Å². The summed E-state index contributed by atoms with van der Waals surface area (Å²) in [4.78, 5) is 26.4. The molecule has 0 radical (unpaired) electrons. The molecule has 0 spiro atoms. The number of aromatic carboxylic acids is 1. The number of ether oxygens (including phenoxy) is 1. The van der Waals surface area contributed by atoms with Crippen LogP contribution in [0.25, 0.3) is 0 Å². The Labute approximate surface area is 116 Å². The molecule has 0 saturated heterocycles. The molecule has 1 N–H and O–H groups in total. The normalized spacial score (nSPS) is 10.3. The zero-order chi connectivity index (χ0) is 14.4. The van der Waals surface area contributed by atoms with E-state index in [2.05, 4.69) is 9.72 Å². The molecule has 104 valence electrons. The molecule has 0 atom stereocenters. The third kappa shape index (κ3) is 4.55. The van der Waals surface area contributed by atoms with Gasteiger partial charge in [0.1, 0.15) is 5.03 Å². The highest BCUT2D eigenvalue weighted by atomic mass is 32.2. The minimum absolute atomic E-state index is 0.244. The van der Waals surface area contributed by atoms with Gasteiger partial charge in [-0.3, -0.25) is 4.79 Å². The number of carbonyl (C=O) groups is 2. The van der Waals surface area contributed by atoms with Gasteiger partial charge in [-0.15, -0.1) is 11.8 Å². The number of nitrogens with zero attached hydrogens (tertiary/aromatic N) is 1. The van der Waals surface area contributed by atoms with E-state index < -0.39 is 5.97 Å². The Hall–Kier alpha value is -1.56. The molecule has 6 heteroatoms. The molecule has 0 amide bonds. The molecule has 1 aromatic rings. The van der Waals surface area contributed by atoms with Crippen molar-refractivity contribution in [2.45, 2.75) is 31.7 Å². The molecule has 0 saturated carbocycles. The van der Waals surface area contributed by atoms with Crippen molar-refractivity contribution in [3.63, 3.8) is 0 Å². The highest BCUT2D eigenvalue weighted by Crippen LogP contribution is 2.25. The number of aromatic nitrogens is 1. The Morgan fingerprint density at radius 3 is 2.68 bits per heavy atom. The first-order chi connectivity index (χ1) is 8.95. The van der Waals surface area contributed by atoms with Crippen LogP contribution in [0.2, 0.25) is 0 Å². The Bertz CT molecular complexity index is 488. The highest BCUT2D eigenvalue weighted by Gasteiger charge is 2.16. The van der Waals surface area contributed by atoms with Gasteiger partial charge in [0, 0.05) is 17.9 Å². The van der Waals surface area contributed by atoms with Crippen molar-refractivity contribution < 1.29 is 19.4 Å². The molecular formula is C13H17NO4S. The fourth-order valence-corrected chi connectivity index (χ4v) is 2.74. The molecule has 0 bridgehead atoms. The van der Waals surface area contributed by atoms with E-state index in [0.29, 0.717) is 29.2 Å². The average Bonchev–Trinajstić information content (AvgIpc) is 2.32. The number of aryl methyl sites for hydroxylation is 2. The molecular weight excluding hydrogens is 266 g/mol. The van der Waals surface area contributed by atoms with Crippen molar-refractivity contribution in [2.24, 2.45) is 0 Å². The van der Waals surface area contributed by atoms with Crippen molar-refractivity contribution >= 4 is 23.7 Å². The molecule has 0 aliphatic carbocycles. The first-order valence-corrected chi connectivity index (χ1v) is 6.85. The van der Waals surface area contributed by atoms with Crippen molar-refractivity contribution in [3.8, 4) is 0 Å². The number of carboxylic acid groups (broad SMARTS) is 1. The fraction of sp³-hybridized carbons (Fsp3) is 0.462. The van der Waals surface area contributed by atoms with Crippen LogP contribution in [-0.4, -0.2) is 34.9 Å². The Morgan fingerprint density at radius 2 is 2.11 bits per heavy atom. The summed E-state index contributed by atoms with van der Waals surface area (Å²) >= 11 is 1.36. The van der Waals surface area contributed by atoms with E-state index in [1.807, 2.05) is 6.92 Å². The SMILES string of the molecule is COC(=O)CCCSc1nc(C)cc(C)c1C(=O)O. The van der Waals surface area contributed by atoms with Gasteiger partial charge in [-0.1, -0.05) is 0 Å². The maximum Gasteiger partial charge on any atom is 0.338 e. The van der Waals surface area contributed by atoms with E-state index in [-0.39, 0.29) is 11.5 Å². The number of hydrogen-bond acceptors (Lipinski definition) is 5. The van der Waals surface area contributed by atoms with Gasteiger partial charge in [0.2, 0.25) is 0 Å². The lowest BCUT2D eigenvalue weighted by molar-refractivity contribution is -0.140. The number of esters is 1. The van der Waals surface area contributed by atoms with Crippen LogP contribution < -0.4 is 0 Å². The molecule has 19 heavy (non-hydrogen) atoms. The summed E-state index contributed by atoms with van der Waals surface area (Å²) in [6, 6.07) is 1.75. The van der Waals surface area contributed by atoms with Crippen LogP contribution in [0.4, 0.5) is 0 Å². The molecule has 5 nitrogen and oxygen atoms in total. The lowest BCUT2D eigenvalue weighted by Crippen LogP contribution is -2.06. The summed E-state index contributed by atoms with van der Waals surface area (Å²) in [6.45, 7) is 3.59. The molecule has 1 rings (SSSR count). The van der Waals surface area contributed by atoms with Crippen LogP contribution in [0.15, 0.2) is 11.1 Å². The minimum Gasteiger partial charge on any atom is -0.478 e. The molecule has 0 fully saturated rings. The lowest BCUT2D eigenvalue weighted by atomic mass is 10.1. The second kappa shape index (κ2) is 7.13. The molecule has 0 aliphatic rings. The van der Waals surface area contributed by atoms with Crippen LogP contribution in [0.5, 0.6) is 0 Å². The monoisotopic (exact) mass is 283 g/mol. The van der Waals surface area contributed by atoms with E-state index >= 15 is 0 Å². The van der Waals surface area contributed by atoms with Gasteiger partial charge in [0.05, 0.1) is 12.7 Å². The minimum atomic E-state index is -0.972. The topological polar surface area (TPSA) is 76.5 Å². The molecule has 0 aliphatic heterocycles. The fourth-order valence-electron chi connectivity index (χ4n) is 1.65. The van der Waals surface area contributed by atoms with Gasteiger partial charge in [-0.05, 0) is 31.9 Å². The maximum atomic E-state index is 11.2. The van der Waals surface area contributed by atoms with E-state index in [4.69, 9.17) is 0 Å². The van der Waals surface area contributed by atoms with Crippen molar-refractivity contribution in [3.05, 3.63) is 22.9 Å². The van der Waals surface area contributed by atoms with Crippen LogP contribution in [0.1, 0.15) is 34.5 Å². The Kier molecular flexibility index (Phi) is 5.82. The first-order valence-electron chi connectivity index (χ1n) is 5.87. The summed E-state index contributed by atoms with van der Waals surface area (Å²) in [5.41, 5.74) is 1.74. The summed E-state index contributed by atoms with van der Waals surface area (Å²) in [7, 11) is 1.35. The third-order valence-electron chi connectivity index (χ3n) is 2.52. The zero-order valence-corrected chi connectivity index (χ0v) is 12.0. The maximum absolute atomic E-state index is 11.2. The van der Waals surface area contributed by atoms with Crippen LogP contribution >= 0.6 is 11.8 Å².